The van der Waals surface area contributed by atoms with E-state index >= 15 is 0 Å². The van der Waals surface area contributed by atoms with Gasteiger partial charge in [-0.3, -0.25) is 0 Å². The molecule has 0 aliphatic carbocycles. The van der Waals surface area contributed by atoms with Crippen LogP contribution < -0.4 is 0 Å². The summed E-state index contributed by atoms with van der Waals surface area (Å²) in [6.45, 7) is 0.792. The van der Waals surface area contributed by atoms with Crippen LogP contribution in [-0.2, 0) is 23.6 Å². The number of carboxylic acids is 1. The molecule has 12 heavy (non-hydrogen) atoms. The van der Waals surface area contributed by atoms with E-state index in [1.54, 1.807) is 6.92 Å². The van der Waals surface area contributed by atoms with Crippen LogP contribution in [0.25, 0.3) is 0 Å². The highest BCUT2D eigenvalue weighted by molar-refractivity contribution is 7.81. The summed E-state index contributed by atoms with van der Waals surface area (Å²) in [5, 5.41) is 8.06. The highest BCUT2D eigenvalue weighted by atomic mass is 32.3. The quantitative estimate of drug-likeness (QED) is 0.633. The third-order valence-corrected chi connectivity index (χ3v) is 1.62. The molecular weight excluding hydrogens is 188 g/mol. The molecule has 0 fully saturated rings. The predicted molar refractivity (Wildman–Crippen MR) is 38.8 cm³/mol. The fraction of sp³-hybridized carbons (Fsp3) is 0.800. The lowest BCUT2D eigenvalue weighted by Gasteiger charge is -2.01. The van der Waals surface area contributed by atoms with E-state index < -0.39 is 23.0 Å². The summed E-state index contributed by atoms with van der Waals surface area (Å²) in [4.78, 5) is 9.87. The van der Waals surface area contributed by atoms with Crippen LogP contribution in [0.5, 0.6) is 0 Å². The van der Waals surface area contributed by atoms with Gasteiger partial charge in [-0.25, -0.2) is 13.2 Å². The molecule has 0 unspecified atom stereocenters. The number of hydrogen-bond acceptors (Lipinski definition) is 5. The van der Waals surface area contributed by atoms with Crippen molar-refractivity contribution in [3.8, 4) is 0 Å². The summed E-state index contributed by atoms with van der Waals surface area (Å²) in [5.74, 6) is -1.36. The van der Waals surface area contributed by atoms with E-state index in [0.29, 0.717) is 6.42 Å². The van der Waals surface area contributed by atoms with Gasteiger partial charge in [0, 0.05) is 0 Å². The van der Waals surface area contributed by atoms with Crippen molar-refractivity contribution in [2.45, 2.75) is 13.3 Å². The van der Waals surface area contributed by atoms with E-state index in [9.17, 15) is 13.2 Å². The Kier molecular flexibility index (Phi) is 4.79. The second kappa shape index (κ2) is 5.07. The first-order valence-electron chi connectivity index (χ1n) is 3.23. The SMILES string of the molecule is CCCOS(=O)(=O)OCC(=O)O. The average molecular weight is 198 g/mol. The van der Waals surface area contributed by atoms with Gasteiger partial charge in [0.15, 0.2) is 6.61 Å². The minimum atomic E-state index is -4.12. The standard InChI is InChI=1S/C5H10O6S/c1-2-3-10-12(8,9)11-4-5(6)7/h2-4H2,1H3,(H,6,7). The number of rotatable bonds is 6. The largest absolute Gasteiger partial charge is 0.479 e. The number of carboxylic acid groups (broad SMARTS) is 1. The van der Waals surface area contributed by atoms with Gasteiger partial charge in [-0.05, 0) is 6.42 Å². The van der Waals surface area contributed by atoms with Gasteiger partial charge < -0.3 is 5.11 Å². The molecule has 0 saturated carbocycles. The topological polar surface area (TPSA) is 89.9 Å². The van der Waals surface area contributed by atoms with E-state index in [2.05, 4.69) is 8.37 Å². The van der Waals surface area contributed by atoms with Crippen LogP contribution in [0.3, 0.4) is 0 Å². The van der Waals surface area contributed by atoms with Crippen LogP contribution in [0.1, 0.15) is 13.3 Å². The van der Waals surface area contributed by atoms with Crippen molar-refractivity contribution in [2.24, 2.45) is 0 Å². The van der Waals surface area contributed by atoms with Crippen LogP contribution in [-0.4, -0.2) is 32.7 Å². The molecule has 7 heteroatoms. The summed E-state index contributed by atoms with van der Waals surface area (Å²) in [6, 6.07) is 0. The Morgan fingerprint density at radius 3 is 2.42 bits per heavy atom. The first-order valence-corrected chi connectivity index (χ1v) is 4.57. The Labute approximate surface area is 70.4 Å². The summed E-state index contributed by atoms with van der Waals surface area (Å²) in [6.07, 6.45) is 0.510. The monoisotopic (exact) mass is 198 g/mol. The second-order valence-electron chi connectivity index (χ2n) is 1.89. The number of aliphatic carboxylic acids is 1. The zero-order valence-corrected chi connectivity index (χ0v) is 7.33. The fourth-order valence-corrected chi connectivity index (χ4v) is 1.03. The lowest BCUT2D eigenvalue weighted by atomic mass is 10.5. The predicted octanol–water partition coefficient (Wildman–Crippen LogP) is -0.241. The van der Waals surface area contributed by atoms with Crippen LogP contribution in [0.4, 0.5) is 0 Å². The van der Waals surface area contributed by atoms with E-state index in [1.165, 1.54) is 0 Å². The van der Waals surface area contributed by atoms with Gasteiger partial charge >= 0.3 is 16.4 Å². The molecule has 0 amide bonds. The molecule has 0 radical (unpaired) electrons. The molecule has 0 heterocycles. The minimum absolute atomic E-state index is 0.0120. The summed E-state index contributed by atoms with van der Waals surface area (Å²) in [5.41, 5.74) is 0. The lowest BCUT2D eigenvalue weighted by Crippen LogP contribution is -2.16. The summed E-state index contributed by atoms with van der Waals surface area (Å²) >= 11 is 0. The van der Waals surface area contributed by atoms with Crippen LogP contribution in [0.2, 0.25) is 0 Å². The maximum atomic E-state index is 10.6. The van der Waals surface area contributed by atoms with Gasteiger partial charge in [0.05, 0.1) is 6.61 Å². The van der Waals surface area contributed by atoms with Gasteiger partial charge in [0.25, 0.3) is 0 Å². The zero-order valence-electron chi connectivity index (χ0n) is 6.52. The molecule has 0 atom stereocenters. The molecule has 72 valence electrons. The van der Waals surface area contributed by atoms with Crippen molar-refractivity contribution in [2.75, 3.05) is 13.2 Å². The molecule has 0 aromatic carbocycles. The van der Waals surface area contributed by atoms with Crippen LogP contribution >= 0.6 is 0 Å². The third kappa shape index (κ3) is 6.08. The van der Waals surface area contributed by atoms with Crippen molar-refractivity contribution < 1.29 is 26.7 Å². The van der Waals surface area contributed by atoms with Crippen LogP contribution in [0, 0.1) is 0 Å². The first kappa shape index (κ1) is 11.3. The fourth-order valence-electron chi connectivity index (χ4n) is 0.342. The third-order valence-electron chi connectivity index (χ3n) is 0.759. The molecule has 0 aromatic heterocycles. The van der Waals surface area contributed by atoms with Gasteiger partial charge in [-0.2, -0.15) is 8.42 Å². The van der Waals surface area contributed by atoms with E-state index in [-0.39, 0.29) is 6.61 Å². The molecule has 1 N–H and O–H groups in total. The zero-order chi connectivity index (χ0) is 9.61. The van der Waals surface area contributed by atoms with Crippen molar-refractivity contribution in [1.29, 1.82) is 0 Å². The van der Waals surface area contributed by atoms with Crippen molar-refractivity contribution in [3.05, 3.63) is 0 Å². The molecule has 0 saturated heterocycles. The van der Waals surface area contributed by atoms with Crippen molar-refractivity contribution in [1.82, 2.24) is 0 Å². The normalized spacial score (nSPS) is 11.4. The van der Waals surface area contributed by atoms with Gasteiger partial charge in [0.2, 0.25) is 0 Å². The van der Waals surface area contributed by atoms with Crippen molar-refractivity contribution >= 4 is 16.4 Å². The maximum Gasteiger partial charge on any atom is 0.400 e. The lowest BCUT2D eigenvalue weighted by molar-refractivity contribution is -0.139. The molecule has 0 aromatic rings. The molecule has 6 nitrogen and oxygen atoms in total. The average Bonchev–Trinajstić information content (AvgIpc) is 1.98. The molecule has 0 aliphatic rings. The van der Waals surface area contributed by atoms with Crippen molar-refractivity contribution in [3.63, 3.8) is 0 Å². The minimum Gasteiger partial charge on any atom is -0.479 e. The maximum absolute atomic E-state index is 10.6. The number of carbonyl (C=O) groups is 1. The summed E-state index contributed by atoms with van der Waals surface area (Å²) < 4.78 is 29.3. The molecule has 0 rings (SSSR count). The Morgan fingerprint density at radius 2 is 2.00 bits per heavy atom. The molecule has 0 bridgehead atoms. The van der Waals surface area contributed by atoms with Gasteiger partial charge in [-0.1, -0.05) is 6.92 Å². The highest BCUT2D eigenvalue weighted by Gasteiger charge is 2.12. The summed E-state index contributed by atoms with van der Waals surface area (Å²) in [7, 11) is -4.12. The Hall–Kier alpha value is -0.660. The second-order valence-corrected chi connectivity index (χ2v) is 3.17. The molecule has 0 aliphatic heterocycles. The van der Waals surface area contributed by atoms with E-state index in [1.807, 2.05) is 0 Å². The van der Waals surface area contributed by atoms with Crippen LogP contribution in [0.15, 0.2) is 0 Å². The Bertz CT molecular complexity index is 230. The van der Waals surface area contributed by atoms with Gasteiger partial charge in [0.1, 0.15) is 0 Å². The van der Waals surface area contributed by atoms with Gasteiger partial charge in [-0.15, -0.1) is 0 Å². The Morgan fingerprint density at radius 1 is 1.42 bits per heavy atom. The smallest absolute Gasteiger partial charge is 0.400 e. The van der Waals surface area contributed by atoms with E-state index in [4.69, 9.17) is 5.11 Å². The van der Waals surface area contributed by atoms with E-state index in [0.717, 1.165) is 0 Å². The highest BCUT2D eigenvalue weighted by Crippen LogP contribution is 1.96. The molecular formula is C5H10O6S. The number of hydrogen-bond donors (Lipinski definition) is 1. The first-order chi connectivity index (χ1) is 5.48. The molecule has 0 spiro atoms. The Balaban J connectivity index is 3.80.